The van der Waals surface area contributed by atoms with Gasteiger partial charge in [-0.25, -0.2) is 0 Å². The first-order chi connectivity index (χ1) is 9.24. The molecule has 0 spiro atoms. The van der Waals surface area contributed by atoms with Crippen molar-refractivity contribution in [1.82, 2.24) is 5.16 Å². The number of carbonyl (C=O) groups is 1. The minimum atomic E-state index is -0.232. The number of rotatable bonds is 5. The molecule has 0 radical (unpaired) electrons. The van der Waals surface area contributed by atoms with Gasteiger partial charge < -0.3 is 9.26 Å². The van der Waals surface area contributed by atoms with Crippen molar-refractivity contribution in [3.05, 3.63) is 36.0 Å². The van der Waals surface area contributed by atoms with Crippen LogP contribution in [0.4, 0.5) is 0 Å². The molecule has 0 N–H and O–H groups in total. The van der Waals surface area contributed by atoms with Gasteiger partial charge in [-0.15, -0.1) is 11.8 Å². The fourth-order valence-corrected chi connectivity index (χ4v) is 2.17. The van der Waals surface area contributed by atoms with E-state index in [1.807, 2.05) is 30.5 Å². The van der Waals surface area contributed by atoms with E-state index in [4.69, 9.17) is 4.52 Å². The summed E-state index contributed by atoms with van der Waals surface area (Å²) in [5.41, 5.74) is 1.89. The zero-order chi connectivity index (χ0) is 13.7. The van der Waals surface area contributed by atoms with E-state index >= 15 is 0 Å². The lowest BCUT2D eigenvalue weighted by Gasteiger charge is -2.02. The molecule has 2 rings (SSSR count). The molecule has 0 atom stereocenters. The predicted molar refractivity (Wildman–Crippen MR) is 74.1 cm³/mol. The van der Waals surface area contributed by atoms with Gasteiger partial charge in [0.05, 0.1) is 13.3 Å². The molecule has 4 nitrogen and oxygen atoms in total. The molecule has 2 aromatic rings. The van der Waals surface area contributed by atoms with E-state index in [1.165, 1.54) is 12.0 Å². The van der Waals surface area contributed by atoms with E-state index in [2.05, 4.69) is 9.89 Å². The van der Waals surface area contributed by atoms with Gasteiger partial charge in [-0.05, 0) is 24.8 Å². The van der Waals surface area contributed by atoms with E-state index < -0.39 is 0 Å². The average molecular weight is 277 g/mol. The van der Waals surface area contributed by atoms with Crippen LogP contribution in [0.2, 0.25) is 0 Å². The second kappa shape index (κ2) is 6.43. The molecule has 1 aromatic heterocycles. The standard InChI is InChI=1S/C14H15NO3S/c1-17-13(16)8-5-11-9-15-18-14(11)10-3-6-12(19-2)7-4-10/h3-4,6-7,9H,5,8H2,1-2H3. The molecule has 0 saturated carbocycles. The lowest BCUT2D eigenvalue weighted by molar-refractivity contribution is -0.140. The molecule has 19 heavy (non-hydrogen) atoms. The number of esters is 1. The van der Waals surface area contributed by atoms with Crippen LogP contribution in [0.1, 0.15) is 12.0 Å². The molecule has 0 saturated heterocycles. The Morgan fingerprint density at radius 1 is 1.37 bits per heavy atom. The van der Waals surface area contributed by atoms with Crippen LogP contribution in [0.15, 0.2) is 39.9 Å². The summed E-state index contributed by atoms with van der Waals surface area (Å²) < 4.78 is 9.91. The molecule has 1 aromatic carbocycles. The third-order valence-electron chi connectivity index (χ3n) is 2.82. The summed E-state index contributed by atoms with van der Waals surface area (Å²) in [5, 5.41) is 3.81. The number of ether oxygens (including phenoxy) is 1. The summed E-state index contributed by atoms with van der Waals surface area (Å²) >= 11 is 1.69. The van der Waals surface area contributed by atoms with Crippen LogP contribution >= 0.6 is 11.8 Å². The molecule has 0 aliphatic heterocycles. The second-order valence-corrected chi connectivity index (χ2v) is 4.86. The van der Waals surface area contributed by atoms with E-state index in [-0.39, 0.29) is 5.97 Å². The molecule has 0 aliphatic carbocycles. The third kappa shape index (κ3) is 3.38. The molecule has 0 amide bonds. The van der Waals surface area contributed by atoms with Gasteiger partial charge in [0, 0.05) is 22.4 Å². The van der Waals surface area contributed by atoms with Crippen molar-refractivity contribution in [2.45, 2.75) is 17.7 Å². The third-order valence-corrected chi connectivity index (χ3v) is 3.57. The Kier molecular flexibility index (Phi) is 4.63. The summed E-state index contributed by atoms with van der Waals surface area (Å²) in [6.45, 7) is 0. The molecule has 100 valence electrons. The van der Waals surface area contributed by atoms with Crippen LogP contribution < -0.4 is 0 Å². The first kappa shape index (κ1) is 13.7. The van der Waals surface area contributed by atoms with Crippen LogP contribution in [0.3, 0.4) is 0 Å². The van der Waals surface area contributed by atoms with Crippen LogP contribution in [0.5, 0.6) is 0 Å². The topological polar surface area (TPSA) is 52.3 Å². The van der Waals surface area contributed by atoms with Gasteiger partial charge in [0.15, 0.2) is 5.76 Å². The Hall–Kier alpha value is -1.75. The first-order valence-electron chi connectivity index (χ1n) is 5.89. The van der Waals surface area contributed by atoms with E-state index in [1.54, 1.807) is 18.0 Å². The fourth-order valence-electron chi connectivity index (χ4n) is 1.76. The van der Waals surface area contributed by atoms with E-state index in [0.717, 1.165) is 16.9 Å². The lowest BCUT2D eigenvalue weighted by atomic mass is 10.1. The molecule has 5 heteroatoms. The van der Waals surface area contributed by atoms with Crippen molar-refractivity contribution >= 4 is 17.7 Å². The highest BCUT2D eigenvalue weighted by Gasteiger charge is 2.12. The van der Waals surface area contributed by atoms with Crippen LogP contribution in [-0.2, 0) is 16.0 Å². The summed E-state index contributed by atoms with van der Waals surface area (Å²) in [4.78, 5) is 12.4. The monoisotopic (exact) mass is 277 g/mol. The van der Waals surface area contributed by atoms with E-state index in [0.29, 0.717) is 12.8 Å². The Morgan fingerprint density at radius 3 is 2.74 bits per heavy atom. The minimum Gasteiger partial charge on any atom is -0.469 e. The highest BCUT2D eigenvalue weighted by atomic mass is 32.2. The van der Waals surface area contributed by atoms with Crippen LogP contribution in [-0.4, -0.2) is 24.5 Å². The SMILES string of the molecule is COC(=O)CCc1cnoc1-c1ccc(SC)cc1. The molecule has 1 heterocycles. The second-order valence-electron chi connectivity index (χ2n) is 3.98. The van der Waals surface area contributed by atoms with Crippen LogP contribution in [0.25, 0.3) is 11.3 Å². The quantitative estimate of drug-likeness (QED) is 0.620. The number of methoxy groups -OCH3 is 1. The Bertz CT molecular complexity index is 548. The maximum Gasteiger partial charge on any atom is 0.305 e. The minimum absolute atomic E-state index is 0.232. The van der Waals surface area contributed by atoms with Crippen molar-refractivity contribution in [2.75, 3.05) is 13.4 Å². The van der Waals surface area contributed by atoms with Gasteiger partial charge in [0.2, 0.25) is 0 Å². The van der Waals surface area contributed by atoms with Crippen molar-refractivity contribution in [1.29, 1.82) is 0 Å². The van der Waals surface area contributed by atoms with Crippen molar-refractivity contribution < 1.29 is 14.1 Å². The van der Waals surface area contributed by atoms with Crippen molar-refractivity contribution in [2.24, 2.45) is 0 Å². The summed E-state index contributed by atoms with van der Waals surface area (Å²) in [7, 11) is 1.39. The fraction of sp³-hybridized carbons (Fsp3) is 0.286. The smallest absolute Gasteiger partial charge is 0.305 e. The number of carbonyl (C=O) groups excluding carboxylic acids is 1. The number of nitrogens with zero attached hydrogens (tertiary/aromatic N) is 1. The largest absolute Gasteiger partial charge is 0.469 e. The van der Waals surface area contributed by atoms with Gasteiger partial charge in [-0.3, -0.25) is 4.79 Å². The van der Waals surface area contributed by atoms with Gasteiger partial charge in [0.25, 0.3) is 0 Å². The number of aryl methyl sites for hydroxylation is 1. The Morgan fingerprint density at radius 2 is 2.11 bits per heavy atom. The highest BCUT2D eigenvalue weighted by Crippen LogP contribution is 2.26. The van der Waals surface area contributed by atoms with Gasteiger partial charge in [-0.1, -0.05) is 17.3 Å². The van der Waals surface area contributed by atoms with E-state index in [9.17, 15) is 4.79 Å². The Labute approximate surface area is 116 Å². The number of hydrogen-bond donors (Lipinski definition) is 0. The lowest BCUT2D eigenvalue weighted by Crippen LogP contribution is -2.01. The number of benzene rings is 1. The van der Waals surface area contributed by atoms with Crippen LogP contribution in [0, 0.1) is 0 Å². The maximum atomic E-state index is 11.2. The zero-order valence-corrected chi connectivity index (χ0v) is 11.7. The maximum absolute atomic E-state index is 11.2. The molecule has 0 fully saturated rings. The molecule has 0 aliphatic rings. The molecular formula is C14H15NO3S. The summed E-state index contributed by atoms with van der Waals surface area (Å²) in [5.74, 6) is 0.487. The van der Waals surface area contributed by atoms with Crippen molar-refractivity contribution in [3.63, 3.8) is 0 Å². The summed E-state index contributed by atoms with van der Waals surface area (Å²) in [6, 6.07) is 8.06. The zero-order valence-electron chi connectivity index (χ0n) is 10.9. The normalized spacial score (nSPS) is 10.4. The Balaban J connectivity index is 2.15. The van der Waals surface area contributed by atoms with Gasteiger partial charge >= 0.3 is 5.97 Å². The van der Waals surface area contributed by atoms with Gasteiger partial charge in [-0.2, -0.15) is 0 Å². The number of thioether (sulfide) groups is 1. The molecule has 0 unspecified atom stereocenters. The number of aromatic nitrogens is 1. The van der Waals surface area contributed by atoms with Crippen molar-refractivity contribution in [3.8, 4) is 11.3 Å². The van der Waals surface area contributed by atoms with Gasteiger partial charge in [0.1, 0.15) is 0 Å². The highest BCUT2D eigenvalue weighted by molar-refractivity contribution is 7.98. The summed E-state index contributed by atoms with van der Waals surface area (Å²) in [6.07, 6.45) is 4.58. The molecular weight excluding hydrogens is 262 g/mol. The predicted octanol–water partition coefficient (Wildman–Crippen LogP) is 3.17. The number of hydrogen-bond acceptors (Lipinski definition) is 5. The molecule has 0 bridgehead atoms. The first-order valence-corrected chi connectivity index (χ1v) is 7.12. The average Bonchev–Trinajstić information content (AvgIpc) is 2.93.